The standard InChI is InChI=1S/C30H28ClNO7/c1-36-22-11-6-20(7-12-22)18-32-29(35)26(27(34)28(37-2)30(32)38-3)25(33)17-8-19-4-13-23(14-5-19)39-24-15-9-21(31)10-16-24/h4-7,9-16,34H,8,17-18H2,1-3H3. The molecule has 0 unspecified atom stereocenters. The van der Waals surface area contributed by atoms with Gasteiger partial charge in [0.05, 0.1) is 27.9 Å². The van der Waals surface area contributed by atoms with Crippen LogP contribution in [-0.4, -0.2) is 36.8 Å². The normalized spacial score (nSPS) is 10.7. The monoisotopic (exact) mass is 549 g/mol. The van der Waals surface area contributed by atoms with Crippen LogP contribution in [0.2, 0.25) is 5.02 Å². The molecule has 1 aromatic heterocycles. The van der Waals surface area contributed by atoms with Crippen LogP contribution >= 0.6 is 11.6 Å². The third-order valence-electron chi connectivity index (χ3n) is 6.14. The Labute approximate surface area is 230 Å². The number of nitrogens with zero attached hydrogens (tertiary/aromatic N) is 1. The highest BCUT2D eigenvalue weighted by Crippen LogP contribution is 2.38. The number of halogens is 1. The summed E-state index contributed by atoms with van der Waals surface area (Å²) in [6, 6.07) is 21.4. The summed E-state index contributed by atoms with van der Waals surface area (Å²) in [6.45, 7) is 0.0952. The minimum Gasteiger partial charge on any atom is -0.503 e. The van der Waals surface area contributed by atoms with Crippen molar-refractivity contribution in [3.8, 4) is 34.6 Å². The van der Waals surface area contributed by atoms with Gasteiger partial charge in [-0.25, -0.2) is 0 Å². The number of hydrogen-bond donors (Lipinski definition) is 1. The van der Waals surface area contributed by atoms with Crippen molar-refractivity contribution in [2.75, 3.05) is 21.3 Å². The first-order valence-corrected chi connectivity index (χ1v) is 12.5. The van der Waals surface area contributed by atoms with Crippen LogP contribution in [0.15, 0.2) is 77.6 Å². The maximum Gasteiger partial charge on any atom is 0.268 e. The molecule has 3 aromatic carbocycles. The maximum absolute atomic E-state index is 13.5. The Morgan fingerprint density at radius 1 is 0.795 bits per heavy atom. The largest absolute Gasteiger partial charge is 0.503 e. The predicted octanol–water partition coefficient (Wildman–Crippen LogP) is 5.89. The van der Waals surface area contributed by atoms with Gasteiger partial charge in [-0.2, -0.15) is 0 Å². The summed E-state index contributed by atoms with van der Waals surface area (Å²) >= 11 is 5.91. The predicted molar refractivity (Wildman–Crippen MR) is 148 cm³/mol. The third kappa shape index (κ3) is 6.35. The van der Waals surface area contributed by atoms with E-state index in [1.807, 2.05) is 12.1 Å². The van der Waals surface area contributed by atoms with Gasteiger partial charge in [0, 0.05) is 11.4 Å². The van der Waals surface area contributed by atoms with Gasteiger partial charge in [0.2, 0.25) is 11.6 Å². The van der Waals surface area contributed by atoms with Crippen molar-refractivity contribution < 1.29 is 28.8 Å². The van der Waals surface area contributed by atoms with Gasteiger partial charge in [-0.15, -0.1) is 0 Å². The molecule has 0 amide bonds. The van der Waals surface area contributed by atoms with Crippen LogP contribution in [0.4, 0.5) is 0 Å². The molecule has 4 aromatic rings. The molecular formula is C30H28ClNO7. The van der Waals surface area contributed by atoms with Gasteiger partial charge in [0.1, 0.15) is 22.8 Å². The molecule has 39 heavy (non-hydrogen) atoms. The maximum atomic E-state index is 13.5. The SMILES string of the molecule is COc1ccc(Cn2c(OC)c(OC)c(O)c(C(=O)CCc3ccc(Oc4ccc(Cl)cc4)cc3)c2=O)cc1. The second-order valence-electron chi connectivity index (χ2n) is 8.63. The summed E-state index contributed by atoms with van der Waals surface area (Å²) < 4.78 is 23.0. The highest BCUT2D eigenvalue weighted by atomic mass is 35.5. The number of aromatic hydroxyl groups is 1. The highest BCUT2D eigenvalue weighted by Gasteiger charge is 2.27. The molecule has 1 heterocycles. The van der Waals surface area contributed by atoms with E-state index in [0.717, 1.165) is 11.1 Å². The fourth-order valence-electron chi connectivity index (χ4n) is 4.11. The van der Waals surface area contributed by atoms with E-state index in [4.69, 9.17) is 30.5 Å². The minimum atomic E-state index is -0.669. The number of hydrogen-bond acceptors (Lipinski definition) is 7. The highest BCUT2D eigenvalue weighted by molar-refractivity contribution is 6.30. The molecule has 0 aliphatic carbocycles. The summed E-state index contributed by atoms with van der Waals surface area (Å²) in [6.07, 6.45) is 0.351. The minimum absolute atomic E-state index is 0.00178. The molecule has 4 rings (SSSR count). The van der Waals surface area contributed by atoms with Crippen molar-refractivity contribution in [3.63, 3.8) is 0 Å². The fourth-order valence-corrected chi connectivity index (χ4v) is 4.23. The summed E-state index contributed by atoms with van der Waals surface area (Å²) in [5, 5.41) is 11.4. The molecule has 0 fully saturated rings. The van der Waals surface area contributed by atoms with Gasteiger partial charge < -0.3 is 24.1 Å². The molecule has 0 saturated carbocycles. The smallest absolute Gasteiger partial charge is 0.268 e. The molecule has 0 aliphatic heterocycles. The quantitative estimate of drug-likeness (QED) is 0.233. The molecule has 0 spiro atoms. The Balaban J connectivity index is 1.54. The van der Waals surface area contributed by atoms with Crippen LogP contribution in [0.5, 0.6) is 34.6 Å². The van der Waals surface area contributed by atoms with Crippen LogP contribution in [0.25, 0.3) is 0 Å². The zero-order valence-corrected chi connectivity index (χ0v) is 22.5. The van der Waals surface area contributed by atoms with Gasteiger partial charge in [-0.05, 0) is 66.1 Å². The summed E-state index contributed by atoms with van der Waals surface area (Å²) in [4.78, 5) is 26.7. The molecule has 0 atom stereocenters. The fraction of sp³-hybridized carbons (Fsp3) is 0.200. The van der Waals surface area contributed by atoms with Crippen LogP contribution in [0.3, 0.4) is 0 Å². The number of rotatable bonds is 11. The topological polar surface area (TPSA) is 96.2 Å². The number of pyridine rings is 1. The molecule has 0 saturated heterocycles. The average Bonchev–Trinajstić information content (AvgIpc) is 2.95. The Hall–Kier alpha value is -4.43. The van der Waals surface area contributed by atoms with Crippen molar-refractivity contribution in [2.24, 2.45) is 0 Å². The number of carbonyl (C=O) groups is 1. The van der Waals surface area contributed by atoms with Crippen molar-refractivity contribution in [3.05, 3.63) is 105 Å². The van der Waals surface area contributed by atoms with E-state index < -0.39 is 17.1 Å². The number of Topliss-reactive ketones (excluding diaryl/α,β-unsaturated/α-hetero) is 1. The number of ketones is 1. The lowest BCUT2D eigenvalue weighted by Gasteiger charge is -2.18. The number of aromatic nitrogens is 1. The number of carbonyl (C=O) groups excluding carboxylic acids is 1. The first kappa shape index (κ1) is 27.6. The van der Waals surface area contributed by atoms with E-state index in [1.54, 1.807) is 67.8 Å². The summed E-state index contributed by atoms with van der Waals surface area (Å²) in [5.74, 6) is 0.831. The molecule has 9 heteroatoms. The first-order chi connectivity index (χ1) is 18.8. The van der Waals surface area contributed by atoms with Gasteiger partial charge >= 0.3 is 0 Å². The molecule has 0 aliphatic rings. The van der Waals surface area contributed by atoms with E-state index in [2.05, 4.69) is 0 Å². The lowest BCUT2D eigenvalue weighted by atomic mass is 10.0. The van der Waals surface area contributed by atoms with E-state index in [9.17, 15) is 14.7 Å². The Morgan fingerprint density at radius 3 is 1.92 bits per heavy atom. The molecule has 0 radical (unpaired) electrons. The van der Waals surface area contributed by atoms with Crippen LogP contribution in [0, 0.1) is 0 Å². The lowest BCUT2D eigenvalue weighted by molar-refractivity contribution is 0.0977. The third-order valence-corrected chi connectivity index (χ3v) is 6.39. The van der Waals surface area contributed by atoms with Crippen molar-refractivity contribution in [1.82, 2.24) is 4.57 Å². The summed E-state index contributed by atoms with van der Waals surface area (Å²) in [5.41, 5.74) is 0.620. The Morgan fingerprint density at radius 2 is 1.36 bits per heavy atom. The van der Waals surface area contributed by atoms with Crippen molar-refractivity contribution in [2.45, 2.75) is 19.4 Å². The van der Waals surface area contributed by atoms with E-state index in [1.165, 1.54) is 18.8 Å². The first-order valence-electron chi connectivity index (χ1n) is 12.1. The van der Waals surface area contributed by atoms with Crippen LogP contribution < -0.4 is 24.5 Å². The zero-order valence-electron chi connectivity index (χ0n) is 21.8. The summed E-state index contributed by atoms with van der Waals surface area (Å²) in [7, 11) is 4.26. The van der Waals surface area contributed by atoms with Crippen LogP contribution in [-0.2, 0) is 13.0 Å². The molecule has 8 nitrogen and oxygen atoms in total. The number of methoxy groups -OCH3 is 3. The Kier molecular flexibility index (Phi) is 8.78. The molecular weight excluding hydrogens is 522 g/mol. The van der Waals surface area contributed by atoms with Gasteiger partial charge in [0.15, 0.2) is 11.5 Å². The average molecular weight is 550 g/mol. The zero-order chi connectivity index (χ0) is 27.9. The lowest BCUT2D eigenvalue weighted by Crippen LogP contribution is -2.28. The second-order valence-corrected chi connectivity index (χ2v) is 9.07. The van der Waals surface area contributed by atoms with E-state index in [0.29, 0.717) is 28.7 Å². The van der Waals surface area contributed by atoms with E-state index in [-0.39, 0.29) is 30.2 Å². The number of benzene rings is 3. The number of aryl methyl sites for hydroxylation is 1. The molecule has 202 valence electrons. The van der Waals surface area contributed by atoms with Gasteiger partial charge in [0.25, 0.3) is 5.56 Å². The van der Waals surface area contributed by atoms with Gasteiger partial charge in [-0.1, -0.05) is 35.9 Å². The van der Waals surface area contributed by atoms with E-state index >= 15 is 0 Å². The second kappa shape index (κ2) is 12.4. The van der Waals surface area contributed by atoms with Gasteiger partial charge in [-0.3, -0.25) is 14.2 Å². The molecule has 1 N–H and O–H groups in total. The van der Waals surface area contributed by atoms with Crippen LogP contribution in [0.1, 0.15) is 27.9 Å². The number of ether oxygens (including phenoxy) is 4. The van der Waals surface area contributed by atoms with Crippen molar-refractivity contribution in [1.29, 1.82) is 0 Å². The molecule has 0 bridgehead atoms. The van der Waals surface area contributed by atoms with Crippen molar-refractivity contribution >= 4 is 17.4 Å². The Bertz CT molecular complexity index is 1500.